The number of carbonyl (C=O) groups is 1. The lowest BCUT2D eigenvalue weighted by molar-refractivity contribution is -0.124. The van der Waals surface area contributed by atoms with Crippen molar-refractivity contribution in [3.63, 3.8) is 0 Å². The first kappa shape index (κ1) is 10.2. The summed E-state index contributed by atoms with van der Waals surface area (Å²) in [6, 6.07) is 0. The average Bonchev–Trinajstić information content (AvgIpc) is 2.41. The number of allylic oxidation sites excluding steroid dienone is 3. The summed E-state index contributed by atoms with van der Waals surface area (Å²) in [5.74, 6) is 0.405. The summed E-state index contributed by atoms with van der Waals surface area (Å²) in [6.07, 6.45) is 7.54. The first-order valence-electron chi connectivity index (χ1n) is 4.95. The van der Waals surface area contributed by atoms with Crippen LogP contribution in [0.4, 0.5) is 0 Å². The third kappa shape index (κ3) is 1.74. The second-order valence-electron chi connectivity index (χ2n) is 3.90. The Morgan fingerprint density at radius 1 is 1.54 bits per heavy atom. The molecule has 1 aliphatic carbocycles. The Balaban J connectivity index is 2.82. The standard InChI is InChI=1S/C12H18O/c1-4-6-9-12(3)10(5-2)7-8-11(12)13/h4-5H,1,6-9H2,2-3H3. The number of hydrogen-bond acceptors (Lipinski definition) is 1. The smallest absolute Gasteiger partial charge is 0.143 e. The lowest BCUT2D eigenvalue weighted by Gasteiger charge is -2.23. The van der Waals surface area contributed by atoms with E-state index in [1.165, 1.54) is 5.57 Å². The number of Topliss-reactive ketones (excluding diaryl/α,β-unsaturated/α-hetero) is 1. The largest absolute Gasteiger partial charge is 0.299 e. The summed E-state index contributed by atoms with van der Waals surface area (Å²) < 4.78 is 0. The molecule has 0 aliphatic heterocycles. The van der Waals surface area contributed by atoms with Crippen molar-refractivity contribution in [1.82, 2.24) is 0 Å². The molecular weight excluding hydrogens is 160 g/mol. The Morgan fingerprint density at radius 3 is 2.77 bits per heavy atom. The van der Waals surface area contributed by atoms with Crippen molar-refractivity contribution in [3.8, 4) is 0 Å². The van der Waals surface area contributed by atoms with Gasteiger partial charge < -0.3 is 0 Å². The lowest BCUT2D eigenvalue weighted by Crippen LogP contribution is -2.23. The second kappa shape index (κ2) is 3.91. The highest BCUT2D eigenvalue weighted by Gasteiger charge is 2.40. The maximum atomic E-state index is 11.7. The molecule has 0 aromatic heterocycles. The summed E-state index contributed by atoms with van der Waals surface area (Å²) in [6.45, 7) is 7.80. The molecule has 1 saturated carbocycles. The van der Waals surface area contributed by atoms with Crippen molar-refractivity contribution in [2.24, 2.45) is 5.41 Å². The summed E-state index contributed by atoms with van der Waals surface area (Å²) in [5.41, 5.74) is 1.14. The highest BCUT2D eigenvalue weighted by Crippen LogP contribution is 2.43. The molecule has 0 bridgehead atoms. The minimum Gasteiger partial charge on any atom is -0.299 e. The number of rotatable bonds is 3. The Kier molecular flexibility index (Phi) is 3.07. The van der Waals surface area contributed by atoms with Crippen molar-refractivity contribution in [2.75, 3.05) is 0 Å². The molecule has 1 aliphatic rings. The van der Waals surface area contributed by atoms with Crippen LogP contribution in [0.15, 0.2) is 24.3 Å². The van der Waals surface area contributed by atoms with E-state index in [9.17, 15) is 4.79 Å². The highest BCUT2D eigenvalue weighted by molar-refractivity contribution is 5.90. The molecule has 1 nitrogen and oxygen atoms in total. The van der Waals surface area contributed by atoms with Crippen molar-refractivity contribution in [3.05, 3.63) is 24.3 Å². The normalized spacial score (nSPS) is 31.2. The molecule has 13 heavy (non-hydrogen) atoms. The minimum atomic E-state index is -0.178. The molecule has 1 fully saturated rings. The zero-order chi connectivity index (χ0) is 9.90. The van der Waals surface area contributed by atoms with Crippen molar-refractivity contribution in [2.45, 2.75) is 39.5 Å². The van der Waals surface area contributed by atoms with Crippen LogP contribution in [0, 0.1) is 5.41 Å². The fraction of sp³-hybridized carbons (Fsp3) is 0.583. The molecule has 1 heteroatoms. The predicted octanol–water partition coefficient (Wildman–Crippen LogP) is 3.27. The molecule has 0 amide bonds. The van der Waals surface area contributed by atoms with Crippen LogP contribution in [0.2, 0.25) is 0 Å². The van der Waals surface area contributed by atoms with Gasteiger partial charge in [0.1, 0.15) is 5.78 Å². The Bertz CT molecular complexity index is 250. The minimum absolute atomic E-state index is 0.178. The molecule has 0 saturated heterocycles. The van der Waals surface area contributed by atoms with Crippen LogP contribution in [0.3, 0.4) is 0 Å². The van der Waals surface area contributed by atoms with E-state index in [0.29, 0.717) is 5.78 Å². The highest BCUT2D eigenvalue weighted by atomic mass is 16.1. The maximum absolute atomic E-state index is 11.7. The molecule has 72 valence electrons. The van der Waals surface area contributed by atoms with Crippen LogP contribution in [0.5, 0.6) is 0 Å². The molecule has 1 unspecified atom stereocenters. The van der Waals surface area contributed by atoms with E-state index in [0.717, 1.165) is 25.7 Å². The van der Waals surface area contributed by atoms with Crippen LogP contribution in [0.1, 0.15) is 39.5 Å². The third-order valence-electron chi connectivity index (χ3n) is 3.14. The fourth-order valence-electron chi connectivity index (χ4n) is 2.13. The molecule has 0 aromatic carbocycles. The maximum Gasteiger partial charge on any atom is 0.143 e. The van der Waals surface area contributed by atoms with Crippen molar-refractivity contribution < 1.29 is 4.79 Å². The van der Waals surface area contributed by atoms with Gasteiger partial charge in [-0.05, 0) is 33.1 Å². The van der Waals surface area contributed by atoms with Crippen LogP contribution >= 0.6 is 0 Å². The quantitative estimate of drug-likeness (QED) is 0.606. The number of ketones is 1. The van der Waals surface area contributed by atoms with Crippen LogP contribution < -0.4 is 0 Å². The number of hydrogen-bond donors (Lipinski definition) is 0. The molecule has 1 atom stereocenters. The van der Waals surface area contributed by atoms with E-state index < -0.39 is 0 Å². The molecule has 0 radical (unpaired) electrons. The van der Waals surface area contributed by atoms with Gasteiger partial charge in [-0.2, -0.15) is 0 Å². The van der Waals surface area contributed by atoms with Gasteiger partial charge in [-0.25, -0.2) is 0 Å². The zero-order valence-corrected chi connectivity index (χ0v) is 8.60. The fourth-order valence-corrected chi connectivity index (χ4v) is 2.13. The molecular formula is C12H18O. The first-order valence-corrected chi connectivity index (χ1v) is 4.95. The van der Waals surface area contributed by atoms with Crippen LogP contribution in [-0.4, -0.2) is 5.78 Å². The Morgan fingerprint density at radius 2 is 2.23 bits per heavy atom. The summed E-state index contributed by atoms with van der Waals surface area (Å²) >= 11 is 0. The van der Waals surface area contributed by atoms with Gasteiger partial charge in [-0.15, -0.1) is 6.58 Å². The SMILES string of the molecule is C=CCCC1(C)C(=O)CCC1=CC. The Hall–Kier alpha value is -0.850. The second-order valence-corrected chi connectivity index (χ2v) is 3.90. The summed E-state index contributed by atoms with van der Waals surface area (Å²) in [5, 5.41) is 0. The van der Waals surface area contributed by atoms with E-state index in [1.807, 2.05) is 13.0 Å². The summed E-state index contributed by atoms with van der Waals surface area (Å²) in [4.78, 5) is 11.7. The molecule has 1 rings (SSSR count). The van der Waals surface area contributed by atoms with Gasteiger partial charge in [-0.1, -0.05) is 17.7 Å². The van der Waals surface area contributed by atoms with Gasteiger partial charge in [0.15, 0.2) is 0 Å². The van der Waals surface area contributed by atoms with Gasteiger partial charge in [0.2, 0.25) is 0 Å². The van der Waals surface area contributed by atoms with E-state index in [1.54, 1.807) is 0 Å². The van der Waals surface area contributed by atoms with Gasteiger partial charge in [0.25, 0.3) is 0 Å². The third-order valence-corrected chi connectivity index (χ3v) is 3.14. The van der Waals surface area contributed by atoms with Gasteiger partial charge in [0, 0.05) is 11.8 Å². The van der Waals surface area contributed by atoms with Gasteiger partial charge in [-0.3, -0.25) is 4.79 Å². The van der Waals surface area contributed by atoms with E-state index in [4.69, 9.17) is 0 Å². The van der Waals surface area contributed by atoms with E-state index in [2.05, 4.69) is 19.6 Å². The van der Waals surface area contributed by atoms with E-state index >= 15 is 0 Å². The molecule has 0 spiro atoms. The molecule has 0 N–H and O–H groups in total. The number of carbonyl (C=O) groups excluding carboxylic acids is 1. The lowest BCUT2D eigenvalue weighted by atomic mass is 9.79. The van der Waals surface area contributed by atoms with Gasteiger partial charge in [0.05, 0.1) is 0 Å². The monoisotopic (exact) mass is 178 g/mol. The predicted molar refractivity (Wildman–Crippen MR) is 55.5 cm³/mol. The molecule has 0 aromatic rings. The zero-order valence-electron chi connectivity index (χ0n) is 8.60. The molecule has 0 heterocycles. The Labute approximate surface area is 80.5 Å². The summed E-state index contributed by atoms with van der Waals surface area (Å²) in [7, 11) is 0. The topological polar surface area (TPSA) is 17.1 Å². The first-order chi connectivity index (χ1) is 6.15. The van der Waals surface area contributed by atoms with Crippen LogP contribution in [0.25, 0.3) is 0 Å². The van der Waals surface area contributed by atoms with Crippen molar-refractivity contribution in [1.29, 1.82) is 0 Å². The van der Waals surface area contributed by atoms with E-state index in [-0.39, 0.29) is 5.41 Å². The van der Waals surface area contributed by atoms with Gasteiger partial charge >= 0.3 is 0 Å². The van der Waals surface area contributed by atoms with Crippen LogP contribution in [-0.2, 0) is 4.79 Å². The van der Waals surface area contributed by atoms with Crippen molar-refractivity contribution >= 4 is 5.78 Å². The average molecular weight is 178 g/mol.